The molecule has 1 aromatic carbocycles. The van der Waals surface area contributed by atoms with Crippen LogP contribution < -0.4 is 10.6 Å². The third-order valence-corrected chi connectivity index (χ3v) is 2.89. The molecule has 0 saturated carbocycles. The van der Waals surface area contributed by atoms with Gasteiger partial charge in [0.05, 0.1) is 17.6 Å². The number of aromatic carboxylic acids is 1. The van der Waals surface area contributed by atoms with Crippen LogP contribution in [0.1, 0.15) is 17.3 Å². The predicted molar refractivity (Wildman–Crippen MR) is 73.6 cm³/mol. The van der Waals surface area contributed by atoms with Crippen molar-refractivity contribution in [3.8, 4) is 0 Å². The molecule has 104 valence electrons. The van der Waals surface area contributed by atoms with E-state index in [9.17, 15) is 9.59 Å². The topological polar surface area (TPSA) is 109 Å². The Morgan fingerprint density at radius 2 is 2.10 bits per heavy atom. The van der Waals surface area contributed by atoms with E-state index in [1.807, 2.05) is 6.92 Å². The number of carboxylic acid groups (broad SMARTS) is 1. The number of carbonyl (C=O) groups is 2. The number of hydrogen-bond donors (Lipinski definition) is 2. The van der Waals surface area contributed by atoms with Gasteiger partial charge in [-0.15, -0.1) is 0 Å². The maximum Gasteiger partial charge on any atom is 0.335 e. The lowest BCUT2D eigenvalue weighted by molar-refractivity contribution is -0.116. The van der Waals surface area contributed by atoms with Crippen LogP contribution in [0.5, 0.6) is 0 Å². The van der Waals surface area contributed by atoms with E-state index in [2.05, 4.69) is 9.97 Å². The second-order valence-corrected chi connectivity index (χ2v) is 4.21. The number of nitrogens with two attached hydrogens (primary N) is 1. The van der Waals surface area contributed by atoms with Gasteiger partial charge in [-0.2, -0.15) is 0 Å². The molecule has 0 aliphatic heterocycles. The first-order chi connectivity index (χ1) is 9.52. The molecule has 3 N–H and O–H groups in total. The summed E-state index contributed by atoms with van der Waals surface area (Å²) in [5, 5.41) is 9.65. The Morgan fingerprint density at radius 1 is 1.35 bits per heavy atom. The molecule has 7 nitrogen and oxygen atoms in total. The van der Waals surface area contributed by atoms with E-state index in [0.717, 1.165) is 0 Å². The quantitative estimate of drug-likeness (QED) is 0.828. The van der Waals surface area contributed by atoms with Gasteiger partial charge < -0.3 is 15.7 Å². The number of fused-ring (bicyclic) bond motifs is 1. The maximum atomic E-state index is 11.1. The first-order valence-electron chi connectivity index (χ1n) is 6.04. The largest absolute Gasteiger partial charge is 0.478 e. The number of amides is 1. The molecule has 1 aromatic heterocycles. The van der Waals surface area contributed by atoms with E-state index in [4.69, 9.17) is 10.8 Å². The first kappa shape index (κ1) is 13.7. The fourth-order valence-electron chi connectivity index (χ4n) is 1.95. The van der Waals surface area contributed by atoms with Crippen LogP contribution >= 0.6 is 0 Å². The lowest BCUT2D eigenvalue weighted by atomic mass is 10.1. The van der Waals surface area contributed by atoms with E-state index in [1.54, 1.807) is 11.0 Å². The average Bonchev–Trinajstić information content (AvgIpc) is 2.43. The highest BCUT2D eigenvalue weighted by molar-refractivity contribution is 5.97. The van der Waals surface area contributed by atoms with Crippen molar-refractivity contribution in [3.05, 3.63) is 30.1 Å². The van der Waals surface area contributed by atoms with Crippen molar-refractivity contribution >= 4 is 28.6 Å². The van der Waals surface area contributed by atoms with Crippen molar-refractivity contribution in [1.82, 2.24) is 9.97 Å². The second kappa shape index (κ2) is 5.52. The number of aromatic nitrogens is 2. The average molecular weight is 274 g/mol. The summed E-state index contributed by atoms with van der Waals surface area (Å²) in [6.45, 7) is 2.47. The van der Waals surface area contributed by atoms with Gasteiger partial charge in [-0.05, 0) is 25.1 Å². The lowest BCUT2D eigenvalue weighted by Gasteiger charge is -2.21. The Morgan fingerprint density at radius 3 is 2.70 bits per heavy atom. The molecule has 2 rings (SSSR count). The molecule has 0 saturated heterocycles. The van der Waals surface area contributed by atoms with E-state index in [1.165, 1.54) is 18.5 Å². The fraction of sp³-hybridized carbons (Fsp3) is 0.231. The van der Waals surface area contributed by atoms with Gasteiger partial charge in [0.15, 0.2) is 0 Å². The van der Waals surface area contributed by atoms with Gasteiger partial charge in [-0.25, -0.2) is 14.8 Å². The van der Waals surface area contributed by atoms with E-state index in [-0.39, 0.29) is 12.1 Å². The normalized spacial score (nSPS) is 10.4. The summed E-state index contributed by atoms with van der Waals surface area (Å²) in [5.41, 5.74) is 5.88. The molecule has 1 amide bonds. The molecule has 1 heterocycles. The molecule has 0 aliphatic carbocycles. The summed E-state index contributed by atoms with van der Waals surface area (Å²) in [5.74, 6) is -0.912. The Bertz CT molecular complexity index is 672. The summed E-state index contributed by atoms with van der Waals surface area (Å²) >= 11 is 0. The minimum atomic E-state index is -1.02. The number of hydrogen-bond acceptors (Lipinski definition) is 5. The second-order valence-electron chi connectivity index (χ2n) is 4.21. The number of anilines is 1. The van der Waals surface area contributed by atoms with Crippen LogP contribution in [0.2, 0.25) is 0 Å². The van der Waals surface area contributed by atoms with Crippen molar-refractivity contribution in [2.45, 2.75) is 6.92 Å². The molecule has 20 heavy (non-hydrogen) atoms. The monoisotopic (exact) mass is 274 g/mol. The predicted octanol–water partition coefficient (Wildman–Crippen LogP) is 0.640. The van der Waals surface area contributed by atoms with Gasteiger partial charge >= 0.3 is 5.97 Å². The molecule has 2 aromatic rings. The molecule has 7 heteroatoms. The smallest absolute Gasteiger partial charge is 0.335 e. The summed E-state index contributed by atoms with van der Waals surface area (Å²) in [6.07, 6.45) is 1.34. The molecular weight excluding hydrogens is 260 g/mol. The van der Waals surface area contributed by atoms with Crippen LogP contribution in [-0.4, -0.2) is 40.0 Å². The third kappa shape index (κ3) is 2.66. The fourth-order valence-corrected chi connectivity index (χ4v) is 1.95. The molecule has 0 radical (unpaired) electrons. The highest BCUT2D eigenvalue weighted by Crippen LogP contribution is 2.23. The molecule has 0 atom stereocenters. The van der Waals surface area contributed by atoms with Crippen LogP contribution in [0, 0.1) is 0 Å². The number of benzene rings is 1. The van der Waals surface area contributed by atoms with Gasteiger partial charge in [0.1, 0.15) is 12.1 Å². The summed E-state index contributed by atoms with van der Waals surface area (Å²) in [7, 11) is 0. The van der Waals surface area contributed by atoms with Crippen LogP contribution in [0.15, 0.2) is 24.5 Å². The van der Waals surface area contributed by atoms with Crippen molar-refractivity contribution in [2.75, 3.05) is 18.0 Å². The third-order valence-electron chi connectivity index (χ3n) is 2.89. The van der Waals surface area contributed by atoms with Crippen molar-refractivity contribution in [3.63, 3.8) is 0 Å². The van der Waals surface area contributed by atoms with E-state index < -0.39 is 11.9 Å². The minimum absolute atomic E-state index is 0.0449. The zero-order valence-corrected chi connectivity index (χ0v) is 10.9. The number of primary amides is 1. The maximum absolute atomic E-state index is 11.1. The highest BCUT2D eigenvalue weighted by Gasteiger charge is 2.14. The zero-order valence-electron chi connectivity index (χ0n) is 10.9. The highest BCUT2D eigenvalue weighted by atomic mass is 16.4. The summed E-state index contributed by atoms with van der Waals surface area (Å²) in [4.78, 5) is 32.0. The van der Waals surface area contributed by atoms with Gasteiger partial charge in [-0.3, -0.25) is 4.79 Å². The van der Waals surface area contributed by atoms with Crippen molar-refractivity contribution in [1.29, 1.82) is 0 Å². The molecule has 0 spiro atoms. The number of rotatable bonds is 5. The molecule has 0 bridgehead atoms. The lowest BCUT2D eigenvalue weighted by Crippen LogP contribution is -2.34. The molecule has 0 unspecified atom stereocenters. The van der Waals surface area contributed by atoms with Crippen LogP contribution in [-0.2, 0) is 4.79 Å². The molecule has 0 aliphatic rings. The van der Waals surface area contributed by atoms with Crippen LogP contribution in [0.4, 0.5) is 5.82 Å². The zero-order chi connectivity index (χ0) is 14.7. The van der Waals surface area contributed by atoms with Gasteiger partial charge in [0.2, 0.25) is 5.91 Å². The van der Waals surface area contributed by atoms with Crippen LogP contribution in [0.25, 0.3) is 10.9 Å². The molecule has 0 fully saturated rings. The van der Waals surface area contributed by atoms with Gasteiger partial charge in [0, 0.05) is 11.9 Å². The van der Waals surface area contributed by atoms with E-state index >= 15 is 0 Å². The number of nitrogens with zero attached hydrogens (tertiary/aromatic N) is 3. The Balaban J connectivity index is 2.53. The van der Waals surface area contributed by atoms with Crippen LogP contribution in [0.3, 0.4) is 0 Å². The SMILES string of the molecule is CCN(CC(N)=O)c1ncnc2cc(C(=O)O)ccc12. The standard InChI is InChI=1S/C13H14N4O3/c1-2-17(6-11(14)18)12-9-4-3-8(13(19)20)5-10(9)15-7-16-12/h3-5,7H,2,6H2,1H3,(H2,14,18)(H,19,20). The Hall–Kier alpha value is -2.70. The minimum Gasteiger partial charge on any atom is -0.478 e. The molecular formula is C13H14N4O3. The Kier molecular flexibility index (Phi) is 3.79. The van der Waals surface area contributed by atoms with Gasteiger partial charge in [-0.1, -0.05) is 0 Å². The number of carbonyl (C=O) groups excluding carboxylic acids is 1. The van der Waals surface area contributed by atoms with Gasteiger partial charge in [0.25, 0.3) is 0 Å². The van der Waals surface area contributed by atoms with Crippen molar-refractivity contribution < 1.29 is 14.7 Å². The summed E-state index contributed by atoms with van der Waals surface area (Å²) < 4.78 is 0. The number of carboxylic acids is 1. The number of likely N-dealkylation sites (N-methyl/N-ethyl adjacent to an activating group) is 1. The Labute approximate surface area is 115 Å². The van der Waals surface area contributed by atoms with Crippen molar-refractivity contribution in [2.24, 2.45) is 5.73 Å². The first-order valence-corrected chi connectivity index (χ1v) is 6.04. The summed E-state index contributed by atoms with van der Waals surface area (Å²) in [6, 6.07) is 4.59. The van der Waals surface area contributed by atoms with E-state index in [0.29, 0.717) is 23.3 Å².